The van der Waals surface area contributed by atoms with E-state index in [-0.39, 0.29) is 0 Å². The summed E-state index contributed by atoms with van der Waals surface area (Å²) in [4.78, 5) is 9.11. The van der Waals surface area contributed by atoms with Crippen LogP contribution in [0.4, 0.5) is 0 Å². The highest BCUT2D eigenvalue weighted by Gasteiger charge is 2.04. The lowest BCUT2D eigenvalue weighted by Gasteiger charge is -2.08. The van der Waals surface area contributed by atoms with Crippen LogP contribution in [0.1, 0.15) is 101 Å². The van der Waals surface area contributed by atoms with Crippen LogP contribution in [0.2, 0.25) is 0 Å². The molecule has 0 bridgehead atoms. The highest BCUT2D eigenvalue weighted by molar-refractivity contribution is 5.55. The van der Waals surface area contributed by atoms with Gasteiger partial charge >= 0.3 is 0 Å². The average molecular weight is 473 g/mol. The SMILES string of the molecule is CCCCCCCCCCc1ccc(COc2ccc(-c3ncc(CCCCC)cn3)cc2)cc1. The molecular weight excluding hydrogens is 428 g/mol. The van der Waals surface area contributed by atoms with Crippen LogP contribution in [0.25, 0.3) is 11.4 Å². The van der Waals surface area contributed by atoms with Gasteiger partial charge in [0.15, 0.2) is 5.82 Å². The molecule has 0 N–H and O–H groups in total. The number of hydrogen-bond acceptors (Lipinski definition) is 3. The number of rotatable bonds is 17. The van der Waals surface area contributed by atoms with Gasteiger partial charge in [0.25, 0.3) is 0 Å². The summed E-state index contributed by atoms with van der Waals surface area (Å²) in [5.41, 5.74) is 4.87. The molecule has 0 saturated carbocycles. The Balaban J connectivity index is 1.36. The molecule has 0 aliphatic heterocycles. The molecule has 0 fully saturated rings. The number of benzene rings is 2. The summed E-state index contributed by atoms with van der Waals surface area (Å²) in [7, 11) is 0. The monoisotopic (exact) mass is 472 g/mol. The van der Waals surface area contributed by atoms with Crippen molar-refractivity contribution in [3.8, 4) is 17.1 Å². The molecule has 3 nitrogen and oxygen atoms in total. The first-order valence-corrected chi connectivity index (χ1v) is 13.9. The van der Waals surface area contributed by atoms with E-state index in [9.17, 15) is 0 Å². The van der Waals surface area contributed by atoms with E-state index in [1.807, 2.05) is 36.7 Å². The molecule has 0 unspecified atom stereocenters. The molecule has 1 aromatic heterocycles. The summed E-state index contributed by atoms with van der Waals surface area (Å²) in [6, 6.07) is 17.0. The van der Waals surface area contributed by atoms with E-state index in [4.69, 9.17) is 4.74 Å². The van der Waals surface area contributed by atoms with Crippen LogP contribution >= 0.6 is 0 Å². The minimum Gasteiger partial charge on any atom is -0.489 e. The fourth-order valence-electron chi connectivity index (χ4n) is 4.34. The predicted molar refractivity (Wildman–Crippen MR) is 148 cm³/mol. The molecule has 35 heavy (non-hydrogen) atoms. The standard InChI is InChI=1S/C32H44N2O/c1-3-5-7-8-9-10-11-13-14-27-16-18-28(19-17-27)26-35-31-22-20-30(21-23-31)32-33-24-29(25-34-32)15-12-6-4-2/h16-25H,3-15,26H2,1-2H3. The van der Waals surface area contributed by atoms with E-state index in [1.165, 1.54) is 93.7 Å². The van der Waals surface area contributed by atoms with Crippen molar-refractivity contribution in [2.75, 3.05) is 0 Å². The zero-order valence-corrected chi connectivity index (χ0v) is 22.0. The third-order valence-electron chi connectivity index (χ3n) is 6.63. The number of ether oxygens (including phenoxy) is 1. The van der Waals surface area contributed by atoms with Crippen LogP contribution < -0.4 is 4.74 Å². The van der Waals surface area contributed by atoms with Crippen molar-refractivity contribution in [2.24, 2.45) is 0 Å². The van der Waals surface area contributed by atoms with Gasteiger partial charge in [0.2, 0.25) is 0 Å². The Bertz CT molecular complexity index is 933. The molecule has 0 amide bonds. The summed E-state index contributed by atoms with van der Waals surface area (Å²) in [6.07, 6.45) is 20.8. The van der Waals surface area contributed by atoms with Gasteiger partial charge in [-0.2, -0.15) is 0 Å². The lowest BCUT2D eigenvalue weighted by atomic mass is 10.0. The Morgan fingerprint density at radius 1 is 0.543 bits per heavy atom. The van der Waals surface area contributed by atoms with Gasteiger partial charge in [0, 0.05) is 18.0 Å². The molecule has 0 aliphatic carbocycles. The molecule has 188 valence electrons. The Morgan fingerprint density at radius 3 is 1.71 bits per heavy atom. The second-order valence-electron chi connectivity index (χ2n) is 9.73. The summed E-state index contributed by atoms with van der Waals surface area (Å²) >= 11 is 0. The Kier molecular flexibility index (Phi) is 12.4. The molecule has 0 atom stereocenters. The summed E-state index contributed by atoms with van der Waals surface area (Å²) in [5.74, 6) is 1.64. The lowest BCUT2D eigenvalue weighted by Crippen LogP contribution is -1.96. The maximum absolute atomic E-state index is 6.01. The van der Waals surface area contributed by atoms with Crippen LogP contribution in [0.15, 0.2) is 60.9 Å². The number of hydrogen-bond donors (Lipinski definition) is 0. The topological polar surface area (TPSA) is 35.0 Å². The highest BCUT2D eigenvalue weighted by Crippen LogP contribution is 2.21. The van der Waals surface area contributed by atoms with Crippen LogP contribution in [0.5, 0.6) is 5.75 Å². The van der Waals surface area contributed by atoms with Crippen molar-refractivity contribution in [2.45, 2.75) is 104 Å². The number of nitrogens with zero attached hydrogens (tertiary/aromatic N) is 2. The van der Waals surface area contributed by atoms with E-state index in [2.05, 4.69) is 48.1 Å². The van der Waals surface area contributed by atoms with Gasteiger partial charge in [0.1, 0.15) is 12.4 Å². The molecule has 3 heteroatoms. The number of aromatic nitrogens is 2. The fraction of sp³-hybridized carbons (Fsp3) is 0.500. The first-order chi connectivity index (χ1) is 17.3. The van der Waals surface area contributed by atoms with Crippen molar-refractivity contribution >= 4 is 0 Å². The van der Waals surface area contributed by atoms with Crippen LogP contribution in [-0.2, 0) is 19.4 Å². The Hall–Kier alpha value is -2.68. The maximum atomic E-state index is 6.01. The second kappa shape index (κ2) is 16.1. The fourth-order valence-corrected chi connectivity index (χ4v) is 4.34. The highest BCUT2D eigenvalue weighted by atomic mass is 16.5. The van der Waals surface area contributed by atoms with Gasteiger partial charge in [-0.15, -0.1) is 0 Å². The first kappa shape index (κ1) is 26.9. The van der Waals surface area contributed by atoms with Crippen molar-refractivity contribution in [1.29, 1.82) is 0 Å². The summed E-state index contributed by atoms with van der Waals surface area (Å²) in [6.45, 7) is 5.09. The largest absolute Gasteiger partial charge is 0.489 e. The molecule has 3 aromatic rings. The van der Waals surface area contributed by atoms with Crippen molar-refractivity contribution in [1.82, 2.24) is 9.97 Å². The van der Waals surface area contributed by atoms with Gasteiger partial charge in [-0.1, -0.05) is 95.9 Å². The second-order valence-corrected chi connectivity index (χ2v) is 9.73. The van der Waals surface area contributed by atoms with Crippen LogP contribution in [0, 0.1) is 0 Å². The zero-order chi connectivity index (χ0) is 24.6. The molecule has 0 saturated heterocycles. The number of unbranched alkanes of at least 4 members (excludes halogenated alkanes) is 9. The molecule has 2 aromatic carbocycles. The number of aryl methyl sites for hydroxylation is 2. The lowest BCUT2D eigenvalue weighted by molar-refractivity contribution is 0.306. The Morgan fingerprint density at radius 2 is 1.06 bits per heavy atom. The van der Waals surface area contributed by atoms with E-state index < -0.39 is 0 Å². The molecule has 0 spiro atoms. The quantitative estimate of drug-likeness (QED) is 0.184. The van der Waals surface area contributed by atoms with Crippen LogP contribution in [-0.4, -0.2) is 9.97 Å². The summed E-state index contributed by atoms with van der Waals surface area (Å²) in [5, 5.41) is 0. The van der Waals surface area contributed by atoms with E-state index in [0.29, 0.717) is 6.61 Å². The van der Waals surface area contributed by atoms with Crippen LogP contribution in [0.3, 0.4) is 0 Å². The minimum atomic E-state index is 0.584. The molecule has 0 radical (unpaired) electrons. The Labute approximate surface area is 213 Å². The van der Waals surface area contributed by atoms with E-state index in [1.54, 1.807) is 0 Å². The van der Waals surface area contributed by atoms with Gasteiger partial charge < -0.3 is 4.74 Å². The first-order valence-electron chi connectivity index (χ1n) is 13.9. The zero-order valence-electron chi connectivity index (χ0n) is 22.0. The van der Waals surface area contributed by atoms with Gasteiger partial charge in [-0.05, 0) is 66.6 Å². The van der Waals surface area contributed by atoms with Crippen molar-refractivity contribution in [3.05, 3.63) is 77.6 Å². The third-order valence-corrected chi connectivity index (χ3v) is 6.63. The smallest absolute Gasteiger partial charge is 0.159 e. The molecule has 3 rings (SSSR count). The van der Waals surface area contributed by atoms with Gasteiger partial charge in [0.05, 0.1) is 0 Å². The van der Waals surface area contributed by atoms with Crippen molar-refractivity contribution < 1.29 is 4.74 Å². The van der Waals surface area contributed by atoms with Gasteiger partial charge in [-0.25, -0.2) is 9.97 Å². The molecule has 0 aliphatic rings. The predicted octanol–water partition coefficient (Wildman–Crippen LogP) is 9.14. The maximum Gasteiger partial charge on any atom is 0.159 e. The summed E-state index contributed by atoms with van der Waals surface area (Å²) < 4.78 is 6.01. The molecule has 1 heterocycles. The normalized spacial score (nSPS) is 11.0. The van der Waals surface area contributed by atoms with E-state index in [0.717, 1.165) is 23.6 Å². The molecular formula is C32H44N2O. The van der Waals surface area contributed by atoms with E-state index >= 15 is 0 Å². The minimum absolute atomic E-state index is 0.584. The average Bonchev–Trinajstić information content (AvgIpc) is 2.90. The third kappa shape index (κ3) is 10.2. The van der Waals surface area contributed by atoms with Gasteiger partial charge in [-0.3, -0.25) is 0 Å². The van der Waals surface area contributed by atoms with Crippen molar-refractivity contribution in [3.63, 3.8) is 0 Å².